The van der Waals surface area contributed by atoms with Gasteiger partial charge in [-0.15, -0.1) is 23.1 Å². The Morgan fingerprint density at radius 1 is 0.962 bits per heavy atom. The molecule has 1 unspecified atom stereocenters. The van der Waals surface area contributed by atoms with E-state index in [1.807, 2.05) is 62.4 Å². The van der Waals surface area contributed by atoms with Gasteiger partial charge in [0.05, 0.1) is 17.4 Å². The number of thiophene rings is 1. The number of anilines is 2. The van der Waals surface area contributed by atoms with Gasteiger partial charge in [-0.1, -0.05) is 72.8 Å². The van der Waals surface area contributed by atoms with Crippen LogP contribution >= 0.6 is 23.1 Å². The summed E-state index contributed by atoms with van der Waals surface area (Å²) in [7, 11) is 0. The van der Waals surface area contributed by atoms with Crippen molar-refractivity contribution in [1.82, 2.24) is 10.2 Å². The molecule has 0 saturated heterocycles. The quantitative estimate of drug-likeness (QED) is 0.0823. The number of hydrogen-bond donors (Lipinski definition) is 3. The zero-order valence-corrected chi connectivity index (χ0v) is 31.1. The van der Waals surface area contributed by atoms with E-state index in [9.17, 15) is 19.6 Å². The van der Waals surface area contributed by atoms with Gasteiger partial charge in [0, 0.05) is 46.2 Å². The van der Waals surface area contributed by atoms with Gasteiger partial charge in [-0.2, -0.15) is 5.26 Å². The number of nitrogens with zero attached hydrogens (tertiary/aromatic N) is 2. The molecule has 1 aliphatic rings. The maximum Gasteiger partial charge on any atom is 0.272 e. The summed E-state index contributed by atoms with van der Waals surface area (Å²) < 4.78 is 5.75. The highest BCUT2D eigenvalue weighted by molar-refractivity contribution is 8.00. The molecule has 3 amide bonds. The Morgan fingerprint density at radius 2 is 1.70 bits per heavy atom. The van der Waals surface area contributed by atoms with Gasteiger partial charge in [-0.3, -0.25) is 19.3 Å². The fourth-order valence-corrected chi connectivity index (χ4v) is 8.11. The van der Waals surface area contributed by atoms with Crippen molar-refractivity contribution in [2.75, 3.05) is 23.8 Å². The fraction of sp³-hybridized carbons (Fsp3) is 0.190. The molecule has 4 aromatic carbocycles. The first-order valence-corrected chi connectivity index (χ1v) is 19.0. The van der Waals surface area contributed by atoms with E-state index in [1.165, 1.54) is 28.7 Å². The number of fused-ring (bicyclic) bond motifs is 1. The van der Waals surface area contributed by atoms with E-state index in [-0.39, 0.29) is 11.6 Å². The van der Waals surface area contributed by atoms with Crippen molar-refractivity contribution in [2.45, 2.75) is 43.5 Å². The third-order valence-electron chi connectivity index (χ3n) is 8.55. The minimum Gasteiger partial charge on any atom is -0.493 e. The lowest BCUT2D eigenvalue weighted by atomic mass is 10.0. The number of rotatable bonds is 13. The zero-order chi connectivity index (χ0) is 37.2. The minimum absolute atomic E-state index is 0.0342. The molecule has 11 heteroatoms. The molecular weight excluding hydrogens is 703 g/mol. The van der Waals surface area contributed by atoms with Crippen LogP contribution < -0.4 is 20.7 Å². The molecule has 1 atom stereocenters. The molecule has 9 nitrogen and oxygen atoms in total. The molecule has 0 saturated carbocycles. The van der Waals surface area contributed by atoms with Crippen LogP contribution in [0.15, 0.2) is 120 Å². The third-order valence-corrected chi connectivity index (χ3v) is 10.8. The van der Waals surface area contributed by atoms with Gasteiger partial charge in [0.15, 0.2) is 0 Å². The summed E-state index contributed by atoms with van der Waals surface area (Å²) >= 11 is 2.81. The average molecular weight is 742 g/mol. The number of hydrogen-bond acceptors (Lipinski definition) is 8. The molecule has 0 bridgehead atoms. The van der Waals surface area contributed by atoms with Crippen LogP contribution in [0.25, 0.3) is 6.08 Å². The molecule has 5 aromatic rings. The lowest BCUT2D eigenvalue weighted by Gasteiger charge is -2.26. The van der Waals surface area contributed by atoms with Gasteiger partial charge in [0.2, 0.25) is 5.91 Å². The molecule has 53 heavy (non-hydrogen) atoms. The molecule has 2 heterocycles. The number of carbonyl (C=O) groups is 3. The standard InChI is InChI=1S/C42H39N5O4S2/c1-3-51-37-20-11-10-17-31(37)23-36(45-40(49)30-15-8-5-9-16-30)41(50)44-32-18-12-19-33(24-32)52-28(2)39(48)46-42-35(25-43)34-21-22-47(27-38(34)53-42)26-29-13-6-4-7-14-29/h4-20,23-24,28H,3,21-22,26-27H2,1-2H3,(H,44,50)(H,45,49)(H,46,48)/b36-23+. The maximum absolute atomic E-state index is 13.7. The number of ether oxygens (including phenoxy) is 1. The number of nitriles is 1. The second kappa shape index (κ2) is 17.7. The lowest BCUT2D eigenvalue weighted by molar-refractivity contribution is -0.115. The molecule has 1 aliphatic heterocycles. The number of carbonyl (C=O) groups excluding carboxylic acids is 3. The largest absolute Gasteiger partial charge is 0.493 e. The third kappa shape index (κ3) is 9.61. The van der Waals surface area contributed by atoms with Gasteiger partial charge < -0.3 is 20.7 Å². The van der Waals surface area contributed by atoms with Crippen molar-refractivity contribution in [2.24, 2.45) is 0 Å². The summed E-state index contributed by atoms with van der Waals surface area (Å²) in [6, 6.07) is 35.8. The van der Waals surface area contributed by atoms with Gasteiger partial charge >= 0.3 is 0 Å². The van der Waals surface area contributed by atoms with E-state index < -0.39 is 17.1 Å². The normalized spacial score (nSPS) is 13.3. The van der Waals surface area contributed by atoms with E-state index >= 15 is 0 Å². The van der Waals surface area contributed by atoms with Crippen LogP contribution in [0, 0.1) is 11.3 Å². The number of amides is 3. The Balaban J connectivity index is 1.13. The second-order valence-electron chi connectivity index (χ2n) is 12.3. The van der Waals surface area contributed by atoms with Crippen molar-refractivity contribution in [3.63, 3.8) is 0 Å². The number of para-hydroxylation sites is 1. The highest BCUT2D eigenvalue weighted by atomic mass is 32.2. The average Bonchev–Trinajstić information content (AvgIpc) is 3.52. The minimum atomic E-state index is -0.526. The van der Waals surface area contributed by atoms with Gasteiger partial charge in [-0.05, 0) is 73.9 Å². The van der Waals surface area contributed by atoms with Crippen LogP contribution in [0.4, 0.5) is 10.7 Å². The van der Waals surface area contributed by atoms with Crippen molar-refractivity contribution < 1.29 is 19.1 Å². The molecular formula is C42H39N5O4S2. The number of benzene rings is 4. The summed E-state index contributed by atoms with van der Waals surface area (Å²) in [6.07, 6.45) is 2.34. The summed E-state index contributed by atoms with van der Waals surface area (Å²) in [5.41, 5.74) is 4.38. The Bertz CT molecular complexity index is 2160. The van der Waals surface area contributed by atoms with E-state index in [1.54, 1.807) is 54.6 Å². The molecule has 0 radical (unpaired) electrons. The Hall–Kier alpha value is -5.67. The topological polar surface area (TPSA) is 124 Å². The van der Waals surface area contributed by atoms with Crippen LogP contribution in [0.5, 0.6) is 5.75 Å². The Morgan fingerprint density at radius 3 is 2.45 bits per heavy atom. The molecule has 0 fully saturated rings. The summed E-state index contributed by atoms with van der Waals surface area (Å²) in [5, 5.41) is 18.8. The molecule has 3 N–H and O–H groups in total. The SMILES string of the molecule is CCOc1ccccc1/C=C(/NC(=O)c1ccccc1)C(=O)Nc1cccc(SC(C)C(=O)Nc2sc3c(c2C#N)CCN(Cc2ccccc2)C3)c1. The summed E-state index contributed by atoms with van der Waals surface area (Å²) in [4.78, 5) is 44.5. The van der Waals surface area contributed by atoms with Crippen molar-refractivity contribution >= 4 is 57.6 Å². The van der Waals surface area contributed by atoms with Crippen molar-refractivity contribution in [1.29, 1.82) is 5.26 Å². The molecule has 6 rings (SSSR count). The lowest BCUT2D eigenvalue weighted by Crippen LogP contribution is -2.30. The first-order valence-electron chi connectivity index (χ1n) is 17.3. The van der Waals surface area contributed by atoms with Crippen LogP contribution in [0.3, 0.4) is 0 Å². The predicted molar refractivity (Wildman–Crippen MR) is 212 cm³/mol. The van der Waals surface area contributed by atoms with E-state index in [2.05, 4.69) is 39.1 Å². The van der Waals surface area contributed by atoms with E-state index in [0.717, 1.165) is 41.4 Å². The summed E-state index contributed by atoms with van der Waals surface area (Å²) in [5.74, 6) is -0.598. The number of nitrogens with one attached hydrogen (secondary N) is 3. The molecule has 268 valence electrons. The van der Waals surface area contributed by atoms with Crippen LogP contribution in [0.2, 0.25) is 0 Å². The smallest absolute Gasteiger partial charge is 0.272 e. The first kappa shape index (κ1) is 37.1. The second-order valence-corrected chi connectivity index (χ2v) is 14.9. The highest BCUT2D eigenvalue weighted by Gasteiger charge is 2.27. The molecule has 0 aliphatic carbocycles. The van der Waals surface area contributed by atoms with Gasteiger partial charge in [-0.25, -0.2) is 0 Å². The van der Waals surface area contributed by atoms with Crippen LogP contribution in [-0.4, -0.2) is 41.0 Å². The fourth-order valence-electron chi connectivity index (χ4n) is 5.94. The van der Waals surface area contributed by atoms with Crippen molar-refractivity contribution in [3.8, 4) is 11.8 Å². The monoisotopic (exact) mass is 741 g/mol. The maximum atomic E-state index is 13.7. The van der Waals surface area contributed by atoms with Gasteiger partial charge in [0.25, 0.3) is 11.8 Å². The van der Waals surface area contributed by atoms with Crippen molar-refractivity contribution in [3.05, 3.63) is 148 Å². The summed E-state index contributed by atoms with van der Waals surface area (Å²) in [6.45, 7) is 6.52. The molecule has 0 spiro atoms. The van der Waals surface area contributed by atoms with E-state index in [4.69, 9.17) is 4.74 Å². The zero-order valence-electron chi connectivity index (χ0n) is 29.4. The van der Waals surface area contributed by atoms with Crippen LogP contribution in [-0.2, 0) is 29.1 Å². The Kier molecular flexibility index (Phi) is 12.4. The van der Waals surface area contributed by atoms with E-state index in [0.29, 0.717) is 39.7 Å². The Labute approximate surface area is 317 Å². The first-order chi connectivity index (χ1) is 25.8. The number of thioether (sulfide) groups is 1. The highest BCUT2D eigenvalue weighted by Crippen LogP contribution is 2.38. The van der Waals surface area contributed by atoms with Gasteiger partial charge in [0.1, 0.15) is 22.5 Å². The predicted octanol–water partition coefficient (Wildman–Crippen LogP) is 8.11. The molecule has 1 aromatic heterocycles. The van der Waals surface area contributed by atoms with Crippen LogP contribution in [0.1, 0.15) is 51.3 Å².